The van der Waals surface area contributed by atoms with E-state index in [-0.39, 0.29) is 5.56 Å². The SMILES string of the molecule is CCOC1(C(O)c2c(F)cccc2F)CCC(C)CC1. The van der Waals surface area contributed by atoms with E-state index in [0.29, 0.717) is 25.4 Å². The van der Waals surface area contributed by atoms with Crippen molar-refractivity contribution in [1.29, 1.82) is 0 Å². The molecule has 1 aliphatic rings. The zero-order valence-corrected chi connectivity index (χ0v) is 12.0. The topological polar surface area (TPSA) is 29.5 Å². The summed E-state index contributed by atoms with van der Waals surface area (Å²) in [5.74, 6) is -0.869. The van der Waals surface area contributed by atoms with Crippen molar-refractivity contribution in [3.63, 3.8) is 0 Å². The van der Waals surface area contributed by atoms with Crippen LogP contribution < -0.4 is 0 Å². The summed E-state index contributed by atoms with van der Waals surface area (Å²) < 4.78 is 33.5. The zero-order chi connectivity index (χ0) is 14.8. The maximum atomic E-state index is 13.9. The van der Waals surface area contributed by atoms with Gasteiger partial charge in [-0.25, -0.2) is 8.78 Å². The highest BCUT2D eigenvalue weighted by Crippen LogP contribution is 2.44. The molecular formula is C16H22F2O2. The van der Waals surface area contributed by atoms with Gasteiger partial charge in [0.1, 0.15) is 17.7 Å². The first-order chi connectivity index (χ1) is 9.50. The zero-order valence-electron chi connectivity index (χ0n) is 12.0. The predicted octanol–water partition coefficient (Wildman–Crippen LogP) is 3.98. The molecule has 1 saturated carbocycles. The lowest BCUT2D eigenvalue weighted by atomic mass is 9.74. The Morgan fingerprint density at radius 3 is 2.35 bits per heavy atom. The van der Waals surface area contributed by atoms with Gasteiger partial charge in [0.05, 0.1) is 11.2 Å². The van der Waals surface area contributed by atoms with Gasteiger partial charge in [-0.2, -0.15) is 0 Å². The molecule has 1 aromatic rings. The Bertz CT molecular complexity index is 434. The first-order valence-corrected chi connectivity index (χ1v) is 7.26. The summed E-state index contributed by atoms with van der Waals surface area (Å²) in [6, 6.07) is 3.65. The van der Waals surface area contributed by atoms with Crippen LogP contribution in [0.2, 0.25) is 0 Å². The maximum Gasteiger partial charge on any atom is 0.132 e. The molecule has 0 aromatic heterocycles. The Balaban J connectivity index is 2.34. The van der Waals surface area contributed by atoms with Gasteiger partial charge in [0.15, 0.2) is 0 Å². The van der Waals surface area contributed by atoms with E-state index in [1.165, 1.54) is 18.2 Å². The van der Waals surface area contributed by atoms with Crippen LogP contribution in [-0.2, 0) is 4.74 Å². The minimum atomic E-state index is -1.27. The molecule has 2 rings (SSSR count). The van der Waals surface area contributed by atoms with Crippen molar-refractivity contribution in [2.24, 2.45) is 5.92 Å². The Kier molecular flexibility index (Phi) is 4.76. The summed E-state index contributed by atoms with van der Waals surface area (Å²) in [6.45, 7) is 4.40. The highest BCUT2D eigenvalue weighted by Gasteiger charge is 2.44. The third kappa shape index (κ3) is 2.86. The van der Waals surface area contributed by atoms with Crippen molar-refractivity contribution in [2.75, 3.05) is 6.61 Å². The van der Waals surface area contributed by atoms with E-state index in [2.05, 4.69) is 6.92 Å². The average Bonchev–Trinajstić information content (AvgIpc) is 2.41. The molecule has 0 amide bonds. The van der Waals surface area contributed by atoms with Gasteiger partial charge in [-0.3, -0.25) is 0 Å². The molecule has 1 unspecified atom stereocenters. The number of rotatable bonds is 4. The summed E-state index contributed by atoms with van der Waals surface area (Å²) in [5.41, 5.74) is -1.14. The minimum absolute atomic E-state index is 0.268. The van der Waals surface area contributed by atoms with Crippen molar-refractivity contribution in [3.05, 3.63) is 35.4 Å². The molecule has 1 atom stereocenters. The number of benzene rings is 1. The van der Waals surface area contributed by atoms with Crippen LogP contribution in [-0.4, -0.2) is 17.3 Å². The molecule has 0 saturated heterocycles. The van der Waals surface area contributed by atoms with E-state index in [0.717, 1.165) is 12.8 Å². The third-order valence-corrected chi connectivity index (χ3v) is 4.32. The Labute approximate surface area is 118 Å². The second-order valence-electron chi connectivity index (χ2n) is 5.72. The van der Waals surface area contributed by atoms with Gasteiger partial charge in [-0.05, 0) is 50.7 Å². The molecule has 1 aromatic carbocycles. The number of aliphatic hydroxyl groups is 1. The fourth-order valence-electron chi connectivity index (χ4n) is 3.07. The molecule has 20 heavy (non-hydrogen) atoms. The molecule has 0 spiro atoms. The highest BCUT2D eigenvalue weighted by molar-refractivity contribution is 5.25. The summed E-state index contributed by atoms with van der Waals surface area (Å²) in [4.78, 5) is 0. The monoisotopic (exact) mass is 284 g/mol. The van der Waals surface area contributed by atoms with Crippen LogP contribution >= 0.6 is 0 Å². The van der Waals surface area contributed by atoms with Gasteiger partial charge in [0, 0.05) is 6.61 Å². The number of hydrogen-bond donors (Lipinski definition) is 1. The minimum Gasteiger partial charge on any atom is -0.385 e. The number of aliphatic hydroxyl groups excluding tert-OH is 1. The molecule has 1 N–H and O–H groups in total. The van der Waals surface area contributed by atoms with Gasteiger partial charge in [0.2, 0.25) is 0 Å². The van der Waals surface area contributed by atoms with Gasteiger partial charge < -0.3 is 9.84 Å². The van der Waals surface area contributed by atoms with Crippen LogP contribution in [0.5, 0.6) is 0 Å². The highest BCUT2D eigenvalue weighted by atomic mass is 19.1. The van der Waals surface area contributed by atoms with E-state index in [1.807, 2.05) is 6.92 Å². The largest absolute Gasteiger partial charge is 0.385 e. The lowest BCUT2D eigenvalue weighted by Crippen LogP contribution is -2.43. The first kappa shape index (κ1) is 15.4. The van der Waals surface area contributed by atoms with E-state index >= 15 is 0 Å². The summed E-state index contributed by atoms with van der Waals surface area (Å²) >= 11 is 0. The molecule has 0 aliphatic heterocycles. The quantitative estimate of drug-likeness (QED) is 0.906. The predicted molar refractivity (Wildman–Crippen MR) is 73.3 cm³/mol. The van der Waals surface area contributed by atoms with Crippen LogP contribution in [0.3, 0.4) is 0 Å². The van der Waals surface area contributed by atoms with E-state index in [9.17, 15) is 13.9 Å². The van der Waals surface area contributed by atoms with Gasteiger partial charge in [-0.1, -0.05) is 13.0 Å². The molecule has 1 aliphatic carbocycles. The second-order valence-corrected chi connectivity index (χ2v) is 5.72. The lowest BCUT2D eigenvalue weighted by molar-refractivity contribution is -0.148. The van der Waals surface area contributed by atoms with E-state index in [4.69, 9.17) is 4.74 Å². The molecule has 1 fully saturated rings. The Morgan fingerprint density at radius 1 is 1.30 bits per heavy atom. The molecule has 112 valence electrons. The maximum absolute atomic E-state index is 13.9. The number of ether oxygens (including phenoxy) is 1. The molecule has 2 nitrogen and oxygen atoms in total. The van der Waals surface area contributed by atoms with Gasteiger partial charge in [-0.15, -0.1) is 0 Å². The van der Waals surface area contributed by atoms with Crippen molar-refractivity contribution in [1.82, 2.24) is 0 Å². The standard InChI is InChI=1S/C16H22F2O2/c1-3-20-16(9-7-11(2)8-10-16)15(19)14-12(17)5-4-6-13(14)18/h4-6,11,15,19H,3,7-10H2,1-2H3. The van der Waals surface area contributed by atoms with Crippen LogP contribution in [0.1, 0.15) is 51.2 Å². The fourth-order valence-corrected chi connectivity index (χ4v) is 3.07. The van der Waals surface area contributed by atoms with E-state index in [1.54, 1.807) is 0 Å². The van der Waals surface area contributed by atoms with Crippen molar-refractivity contribution >= 4 is 0 Å². The fraction of sp³-hybridized carbons (Fsp3) is 0.625. The Morgan fingerprint density at radius 2 is 1.85 bits per heavy atom. The van der Waals surface area contributed by atoms with E-state index < -0.39 is 23.3 Å². The molecule has 0 radical (unpaired) electrons. The van der Waals surface area contributed by atoms with Crippen molar-refractivity contribution in [3.8, 4) is 0 Å². The number of halogens is 2. The first-order valence-electron chi connectivity index (χ1n) is 7.26. The summed E-state index contributed by atoms with van der Waals surface area (Å²) in [6.07, 6.45) is 1.77. The van der Waals surface area contributed by atoms with Crippen molar-refractivity contribution in [2.45, 2.75) is 51.2 Å². The van der Waals surface area contributed by atoms with Gasteiger partial charge in [0.25, 0.3) is 0 Å². The normalized spacial score (nSPS) is 28.4. The summed E-state index contributed by atoms with van der Waals surface area (Å²) in [7, 11) is 0. The molecule has 4 heteroatoms. The second kappa shape index (κ2) is 6.19. The van der Waals surface area contributed by atoms with Gasteiger partial charge >= 0.3 is 0 Å². The molecular weight excluding hydrogens is 262 g/mol. The average molecular weight is 284 g/mol. The molecule has 0 bridgehead atoms. The third-order valence-electron chi connectivity index (χ3n) is 4.32. The lowest BCUT2D eigenvalue weighted by Gasteiger charge is -2.42. The van der Waals surface area contributed by atoms with Crippen LogP contribution in [0.25, 0.3) is 0 Å². The Hall–Kier alpha value is -1.00. The van der Waals surface area contributed by atoms with Crippen LogP contribution in [0, 0.1) is 17.6 Å². The van der Waals surface area contributed by atoms with Crippen LogP contribution in [0.15, 0.2) is 18.2 Å². The molecule has 0 heterocycles. The smallest absolute Gasteiger partial charge is 0.132 e. The van der Waals surface area contributed by atoms with Crippen molar-refractivity contribution < 1.29 is 18.6 Å². The summed E-state index contributed by atoms with van der Waals surface area (Å²) in [5, 5.41) is 10.6. The van der Waals surface area contributed by atoms with Crippen LogP contribution in [0.4, 0.5) is 8.78 Å². The number of hydrogen-bond acceptors (Lipinski definition) is 2.